The van der Waals surface area contributed by atoms with Crippen LogP contribution in [-0.2, 0) is 9.59 Å². The summed E-state index contributed by atoms with van der Waals surface area (Å²) in [4.78, 5) is 45.0. The average Bonchev–Trinajstić information content (AvgIpc) is 3.53. The number of piperazine rings is 1. The highest BCUT2D eigenvalue weighted by Crippen LogP contribution is 2.56. The number of benzene rings is 2. The summed E-state index contributed by atoms with van der Waals surface area (Å²) < 4.78 is 0. The summed E-state index contributed by atoms with van der Waals surface area (Å²) in [5, 5.41) is 1.01. The van der Waals surface area contributed by atoms with Gasteiger partial charge in [0.05, 0.1) is 38.8 Å². The summed E-state index contributed by atoms with van der Waals surface area (Å²) in [5.41, 5.74) is 1.74. The van der Waals surface area contributed by atoms with Crippen LogP contribution >= 0.6 is 23.2 Å². The summed E-state index contributed by atoms with van der Waals surface area (Å²) in [6.45, 7) is 2.36. The Morgan fingerprint density at radius 1 is 0.824 bits per heavy atom. The van der Waals surface area contributed by atoms with Crippen molar-refractivity contribution in [1.82, 2.24) is 4.90 Å². The van der Waals surface area contributed by atoms with E-state index in [-0.39, 0.29) is 29.6 Å². The summed E-state index contributed by atoms with van der Waals surface area (Å²) in [6.07, 6.45) is 3.05. The van der Waals surface area contributed by atoms with E-state index in [0.29, 0.717) is 59.3 Å². The fourth-order valence-electron chi connectivity index (χ4n) is 6.51. The van der Waals surface area contributed by atoms with Gasteiger partial charge in [-0.1, -0.05) is 35.3 Å². The monoisotopic (exact) mass is 497 g/mol. The van der Waals surface area contributed by atoms with Crippen LogP contribution in [0.2, 0.25) is 10.0 Å². The second kappa shape index (κ2) is 8.28. The molecule has 2 heterocycles. The molecule has 3 amide bonds. The molecule has 0 spiro atoms. The van der Waals surface area contributed by atoms with Gasteiger partial charge < -0.3 is 9.80 Å². The second-order valence-corrected chi connectivity index (χ2v) is 10.6. The number of nitrogens with zero attached hydrogens (tertiary/aromatic N) is 3. The lowest BCUT2D eigenvalue weighted by atomic mass is 9.81. The molecule has 34 heavy (non-hydrogen) atoms. The van der Waals surface area contributed by atoms with E-state index < -0.39 is 0 Å². The molecule has 0 radical (unpaired) electrons. The van der Waals surface area contributed by atoms with E-state index in [4.69, 9.17) is 23.2 Å². The fourth-order valence-corrected chi connectivity index (χ4v) is 6.96. The fraction of sp³-hybridized carbons (Fsp3) is 0.423. The Kier molecular flexibility index (Phi) is 5.34. The molecule has 8 heteroatoms. The molecule has 2 aliphatic carbocycles. The van der Waals surface area contributed by atoms with Gasteiger partial charge in [-0.15, -0.1) is 0 Å². The lowest BCUT2D eigenvalue weighted by molar-refractivity contribution is -0.123. The first-order chi connectivity index (χ1) is 16.4. The summed E-state index contributed by atoms with van der Waals surface area (Å²) in [7, 11) is 0. The molecule has 0 aromatic heterocycles. The maximum absolute atomic E-state index is 13.4. The molecule has 4 atom stereocenters. The molecule has 2 saturated heterocycles. The Morgan fingerprint density at radius 3 is 2.12 bits per heavy atom. The third-order valence-corrected chi connectivity index (χ3v) is 8.78. The number of carbonyl (C=O) groups excluding carboxylic acids is 3. The van der Waals surface area contributed by atoms with E-state index in [1.54, 1.807) is 23.1 Å². The van der Waals surface area contributed by atoms with E-state index in [9.17, 15) is 14.4 Å². The zero-order chi connectivity index (χ0) is 23.6. The van der Waals surface area contributed by atoms with Crippen LogP contribution in [-0.4, -0.2) is 48.8 Å². The van der Waals surface area contributed by atoms with E-state index in [2.05, 4.69) is 4.90 Å². The Balaban J connectivity index is 1.21. The minimum atomic E-state index is -0.195. The van der Waals surface area contributed by atoms with Crippen molar-refractivity contribution in [2.24, 2.45) is 23.7 Å². The maximum Gasteiger partial charge on any atom is 0.255 e. The van der Waals surface area contributed by atoms with E-state index >= 15 is 0 Å². The predicted octanol–water partition coefficient (Wildman–Crippen LogP) is 4.49. The zero-order valence-electron chi connectivity index (χ0n) is 18.6. The molecule has 2 bridgehead atoms. The van der Waals surface area contributed by atoms with Gasteiger partial charge in [0.2, 0.25) is 11.8 Å². The van der Waals surface area contributed by atoms with E-state index in [1.165, 1.54) is 4.90 Å². The average molecular weight is 498 g/mol. The minimum absolute atomic E-state index is 0.115. The van der Waals surface area contributed by atoms with Crippen LogP contribution in [0.3, 0.4) is 0 Å². The molecule has 6 rings (SSSR count). The molecule has 6 nitrogen and oxygen atoms in total. The molecule has 2 aromatic rings. The molecule has 4 fully saturated rings. The molecule has 0 unspecified atom stereocenters. The SMILES string of the molecule is O=C(c1cc(N2C(=O)[C@@H]3[C@H]4CC[C@@H](C4)[C@@H]3C2=O)ccc1Cl)N1CCN(c2ccccc2Cl)CC1. The van der Waals surface area contributed by atoms with Gasteiger partial charge in [0.25, 0.3) is 5.91 Å². The van der Waals surface area contributed by atoms with Crippen molar-refractivity contribution in [3.8, 4) is 0 Å². The van der Waals surface area contributed by atoms with Crippen LogP contribution in [0, 0.1) is 23.7 Å². The van der Waals surface area contributed by atoms with Crippen LogP contribution in [0.4, 0.5) is 11.4 Å². The number of hydrogen-bond acceptors (Lipinski definition) is 4. The molecular formula is C26H25Cl2N3O3. The van der Waals surface area contributed by atoms with Crippen molar-refractivity contribution in [2.75, 3.05) is 36.0 Å². The number of halogens is 2. The normalized spacial score (nSPS) is 28.1. The van der Waals surface area contributed by atoms with Crippen LogP contribution in [0.25, 0.3) is 0 Å². The first-order valence-electron chi connectivity index (χ1n) is 11.9. The predicted molar refractivity (Wildman–Crippen MR) is 131 cm³/mol. The Labute approximate surface area is 208 Å². The number of para-hydroxylation sites is 1. The van der Waals surface area contributed by atoms with Crippen LogP contribution in [0.15, 0.2) is 42.5 Å². The second-order valence-electron chi connectivity index (χ2n) is 9.79. The lowest BCUT2D eigenvalue weighted by Crippen LogP contribution is -2.49. The van der Waals surface area contributed by atoms with Crippen molar-refractivity contribution < 1.29 is 14.4 Å². The number of fused-ring (bicyclic) bond motifs is 5. The molecule has 2 saturated carbocycles. The first-order valence-corrected chi connectivity index (χ1v) is 12.7. The van der Waals surface area contributed by atoms with Crippen molar-refractivity contribution in [2.45, 2.75) is 19.3 Å². The van der Waals surface area contributed by atoms with Crippen LogP contribution < -0.4 is 9.80 Å². The number of anilines is 2. The molecule has 0 N–H and O–H groups in total. The maximum atomic E-state index is 13.4. The topological polar surface area (TPSA) is 60.9 Å². The molecule has 4 aliphatic rings. The third-order valence-electron chi connectivity index (χ3n) is 8.13. The number of amides is 3. The Morgan fingerprint density at radius 2 is 1.47 bits per heavy atom. The number of carbonyl (C=O) groups is 3. The van der Waals surface area contributed by atoms with Crippen molar-refractivity contribution >= 4 is 52.3 Å². The van der Waals surface area contributed by atoms with Crippen molar-refractivity contribution in [1.29, 1.82) is 0 Å². The molecule has 2 aromatic carbocycles. The Bertz CT molecular complexity index is 1170. The molecule has 176 valence electrons. The summed E-state index contributed by atoms with van der Waals surface area (Å²) >= 11 is 12.8. The highest BCUT2D eigenvalue weighted by Gasteiger charge is 2.61. The zero-order valence-corrected chi connectivity index (χ0v) is 20.1. The highest BCUT2D eigenvalue weighted by atomic mass is 35.5. The third kappa shape index (κ3) is 3.34. The smallest absolute Gasteiger partial charge is 0.255 e. The largest absolute Gasteiger partial charge is 0.367 e. The lowest BCUT2D eigenvalue weighted by Gasteiger charge is -2.36. The van der Waals surface area contributed by atoms with Crippen LogP contribution in [0.1, 0.15) is 29.6 Å². The standard InChI is InChI=1S/C26H25Cl2N3O3/c27-19-8-7-17(31-25(33)22-15-5-6-16(13-15)23(22)26(31)34)14-18(19)24(32)30-11-9-29(10-12-30)21-4-2-1-3-20(21)28/h1-4,7-8,14-16,22-23H,5-6,9-13H2/t15-,16-,22-,23+/m0/s1. The van der Waals surface area contributed by atoms with Gasteiger partial charge in [0.15, 0.2) is 0 Å². The van der Waals surface area contributed by atoms with Crippen molar-refractivity contribution in [3.63, 3.8) is 0 Å². The molecule has 2 aliphatic heterocycles. The van der Waals surface area contributed by atoms with Gasteiger partial charge in [-0.2, -0.15) is 0 Å². The number of rotatable bonds is 3. The highest BCUT2D eigenvalue weighted by molar-refractivity contribution is 6.34. The van der Waals surface area contributed by atoms with E-state index in [1.807, 2.05) is 24.3 Å². The molecular weight excluding hydrogens is 473 g/mol. The van der Waals surface area contributed by atoms with Gasteiger partial charge >= 0.3 is 0 Å². The summed E-state index contributed by atoms with van der Waals surface area (Å²) in [6, 6.07) is 12.6. The minimum Gasteiger partial charge on any atom is -0.367 e. The van der Waals surface area contributed by atoms with Gasteiger partial charge in [-0.05, 0) is 61.4 Å². The summed E-state index contributed by atoms with van der Waals surface area (Å²) in [5.74, 6) is -0.172. The van der Waals surface area contributed by atoms with Gasteiger partial charge in [0, 0.05) is 26.2 Å². The van der Waals surface area contributed by atoms with Gasteiger partial charge in [-0.3, -0.25) is 19.3 Å². The number of imide groups is 1. The van der Waals surface area contributed by atoms with E-state index in [0.717, 1.165) is 24.9 Å². The first kappa shape index (κ1) is 21.9. The number of hydrogen-bond donors (Lipinski definition) is 0. The quantitative estimate of drug-likeness (QED) is 0.586. The van der Waals surface area contributed by atoms with Crippen molar-refractivity contribution in [3.05, 3.63) is 58.1 Å². The Hall–Kier alpha value is -2.57. The van der Waals surface area contributed by atoms with Gasteiger partial charge in [-0.25, -0.2) is 0 Å². The van der Waals surface area contributed by atoms with Gasteiger partial charge in [0.1, 0.15) is 0 Å². The van der Waals surface area contributed by atoms with Crippen LogP contribution in [0.5, 0.6) is 0 Å².